The second-order valence-electron chi connectivity index (χ2n) is 2.73. The van der Waals surface area contributed by atoms with E-state index in [9.17, 15) is 10.1 Å². The van der Waals surface area contributed by atoms with Crippen molar-refractivity contribution in [1.29, 1.82) is 0 Å². The van der Waals surface area contributed by atoms with Crippen molar-refractivity contribution in [3.8, 4) is 0 Å². The van der Waals surface area contributed by atoms with Crippen LogP contribution in [0.2, 0.25) is 5.02 Å². The Kier molecular flexibility index (Phi) is 4.20. The largest absolute Gasteiger partial charge is 0.396 e. The molecule has 0 saturated carbocycles. The zero-order valence-corrected chi connectivity index (χ0v) is 8.52. The molecule has 1 aromatic heterocycles. The van der Waals surface area contributed by atoms with Gasteiger partial charge in [0.2, 0.25) is 0 Å². The van der Waals surface area contributed by atoms with Crippen LogP contribution in [0.5, 0.6) is 0 Å². The van der Waals surface area contributed by atoms with Gasteiger partial charge in [0.1, 0.15) is 11.2 Å². The molecule has 0 fully saturated rings. The van der Waals surface area contributed by atoms with E-state index in [1.165, 1.54) is 6.20 Å². The molecule has 6 heteroatoms. The lowest BCUT2D eigenvalue weighted by atomic mass is 10.2. The summed E-state index contributed by atoms with van der Waals surface area (Å²) < 4.78 is 0. The lowest BCUT2D eigenvalue weighted by molar-refractivity contribution is -0.385. The Morgan fingerprint density at radius 2 is 2.33 bits per heavy atom. The maximum absolute atomic E-state index is 10.5. The molecule has 1 aromatic rings. The number of pyridine rings is 1. The molecule has 0 aliphatic carbocycles. The molecular formula is C9H9ClN2O3. The number of nitrogens with zero attached hydrogens (tertiary/aromatic N) is 2. The van der Waals surface area contributed by atoms with Gasteiger partial charge in [0.05, 0.1) is 4.92 Å². The number of aliphatic hydroxyl groups excluding tert-OH is 1. The second-order valence-corrected chi connectivity index (χ2v) is 3.11. The van der Waals surface area contributed by atoms with Crippen LogP contribution < -0.4 is 0 Å². The maximum Gasteiger partial charge on any atom is 0.306 e. The lowest BCUT2D eigenvalue weighted by Gasteiger charge is -1.98. The van der Waals surface area contributed by atoms with Crippen LogP contribution >= 0.6 is 11.6 Å². The van der Waals surface area contributed by atoms with E-state index in [-0.39, 0.29) is 17.3 Å². The summed E-state index contributed by atoms with van der Waals surface area (Å²) in [6.07, 6.45) is 6.28. The number of aliphatic hydroxyl groups is 1. The first-order chi connectivity index (χ1) is 7.16. The summed E-state index contributed by atoms with van der Waals surface area (Å²) in [5.41, 5.74) is 0.252. The van der Waals surface area contributed by atoms with Gasteiger partial charge in [-0.05, 0) is 6.42 Å². The van der Waals surface area contributed by atoms with Crippen LogP contribution in [0.25, 0.3) is 6.08 Å². The number of hydrogen-bond acceptors (Lipinski definition) is 4. The van der Waals surface area contributed by atoms with Crippen LogP contribution in [-0.4, -0.2) is 21.6 Å². The van der Waals surface area contributed by atoms with E-state index < -0.39 is 4.92 Å². The molecule has 0 saturated heterocycles. The SMILES string of the molecule is O=[N+]([O-])c1cncc(C=CCCO)c1Cl. The molecule has 1 N–H and O–H groups in total. The van der Waals surface area contributed by atoms with Crippen molar-refractivity contribution in [3.05, 3.63) is 39.2 Å². The highest BCUT2D eigenvalue weighted by atomic mass is 35.5. The Morgan fingerprint density at radius 3 is 2.93 bits per heavy atom. The van der Waals surface area contributed by atoms with Crippen LogP contribution in [0.1, 0.15) is 12.0 Å². The highest BCUT2D eigenvalue weighted by Crippen LogP contribution is 2.27. The van der Waals surface area contributed by atoms with E-state index in [1.807, 2.05) is 0 Å². The fraction of sp³-hybridized carbons (Fsp3) is 0.222. The van der Waals surface area contributed by atoms with Crippen molar-refractivity contribution in [2.75, 3.05) is 6.61 Å². The summed E-state index contributed by atoms with van der Waals surface area (Å²) >= 11 is 5.79. The molecule has 15 heavy (non-hydrogen) atoms. The normalized spacial score (nSPS) is 10.8. The van der Waals surface area contributed by atoms with Crippen LogP contribution in [0.3, 0.4) is 0 Å². The van der Waals surface area contributed by atoms with Crippen molar-refractivity contribution in [3.63, 3.8) is 0 Å². The first kappa shape index (κ1) is 11.6. The Labute approximate surface area is 91.2 Å². The molecule has 80 valence electrons. The van der Waals surface area contributed by atoms with Gasteiger partial charge in [0.25, 0.3) is 0 Å². The standard InChI is InChI=1S/C9H9ClN2O3/c10-9-7(3-1-2-4-13)5-11-6-8(9)12(14)15/h1,3,5-6,13H,2,4H2. The van der Waals surface area contributed by atoms with Crippen LogP contribution in [0, 0.1) is 10.1 Å². The Balaban J connectivity index is 2.99. The first-order valence-corrected chi connectivity index (χ1v) is 4.60. The molecule has 0 aliphatic rings. The summed E-state index contributed by atoms with van der Waals surface area (Å²) in [6, 6.07) is 0. The van der Waals surface area contributed by atoms with Crippen LogP contribution in [0.4, 0.5) is 5.69 Å². The fourth-order valence-corrected chi connectivity index (χ4v) is 1.21. The van der Waals surface area contributed by atoms with Gasteiger partial charge in [-0.1, -0.05) is 23.8 Å². The first-order valence-electron chi connectivity index (χ1n) is 4.22. The highest BCUT2D eigenvalue weighted by Gasteiger charge is 2.14. The smallest absolute Gasteiger partial charge is 0.306 e. The summed E-state index contributed by atoms with van der Waals surface area (Å²) in [7, 11) is 0. The Hall–Kier alpha value is -1.46. The molecule has 0 aromatic carbocycles. The summed E-state index contributed by atoms with van der Waals surface area (Å²) in [6.45, 7) is 0.0243. The number of nitro groups is 1. The number of rotatable bonds is 4. The minimum absolute atomic E-state index is 0.0243. The summed E-state index contributed by atoms with van der Waals surface area (Å²) in [4.78, 5) is 13.6. The molecular weight excluding hydrogens is 220 g/mol. The Bertz CT molecular complexity index is 393. The van der Waals surface area contributed by atoms with Gasteiger partial charge < -0.3 is 5.11 Å². The predicted molar refractivity (Wildman–Crippen MR) is 56.6 cm³/mol. The van der Waals surface area contributed by atoms with Crippen molar-refractivity contribution < 1.29 is 10.0 Å². The third-order valence-electron chi connectivity index (χ3n) is 1.68. The van der Waals surface area contributed by atoms with Crippen LogP contribution in [0.15, 0.2) is 18.5 Å². The molecule has 0 spiro atoms. The minimum atomic E-state index is -0.585. The third kappa shape index (κ3) is 3.00. The van der Waals surface area contributed by atoms with Gasteiger partial charge in [-0.25, -0.2) is 0 Å². The maximum atomic E-state index is 10.5. The molecule has 0 amide bonds. The molecule has 0 bridgehead atoms. The zero-order chi connectivity index (χ0) is 11.3. The van der Waals surface area contributed by atoms with E-state index in [1.54, 1.807) is 12.2 Å². The van der Waals surface area contributed by atoms with Crippen molar-refractivity contribution >= 4 is 23.4 Å². The molecule has 0 unspecified atom stereocenters. The summed E-state index contributed by atoms with van der Waals surface area (Å²) in [5, 5.41) is 19.1. The number of halogens is 1. The number of hydrogen-bond donors (Lipinski definition) is 1. The molecule has 0 atom stereocenters. The third-order valence-corrected chi connectivity index (χ3v) is 2.09. The molecule has 0 aliphatic heterocycles. The van der Waals surface area contributed by atoms with Crippen molar-refractivity contribution in [2.24, 2.45) is 0 Å². The van der Waals surface area contributed by atoms with Gasteiger partial charge in [-0.3, -0.25) is 15.1 Å². The average molecular weight is 229 g/mol. The highest BCUT2D eigenvalue weighted by molar-refractivity contribution is 6.34. The van der Waals surface area contributed by atoms with E-state index in [4.69, 9.17) is 16.7 Å². The van der Waals surface area contributed by atoms with E-state index in [2.05, 4.69) is 4.98 Å². The Morgan fingerprint density at radius 1 is 1.60 bits per heavy atom. The monoisotopic (exact) mass is 228 g/mol. The summed E-state index contributed by atoms with van der Waals surface area (Å²) in [5.74, 6) is 0. The van der Waals surface area contributed by atoms with Crippen molar-refractivity contribution in [1.82, 2.24) is 4.98 Å². The van der Waals surface area contributed by atoms with E-state index >= 15 is 0 Å². The van der Waals surface area contributed by atoms with E-state index in [0.29, 0.717) is 12.0 Å². The molecule has 5 nitrogen and oxygen atoms in total. The molecule has 1 heterocycles. The predicted octanol–water partition coefficient (Wildman–Crippen LogP) is 2.04. The van der Waals surface area contributed by atoms with Gasteiger partial charge in [0.15, 0.2) is 0 Å². The second kappa shape index (κ2) is 5.43. The van der Waals surface area contributed by atoms with Gasteiger partial charge in [-0.15, -0.1) is 0 Å². The van der Waals surface area contributed by atoms with Gasteiger partial charge in [0, 0.05) is 18.4 Å². The lowest BCUT2D eigenvalue weighted by Crippen LogP contribution is -1.92. The van der Waals surface area contributed by atoms with Gasteiger partial charge in [-0.2, -0.15) is 0 Å². The quantitative estimate of drug-likeness (QED) is 0.632. The number of aromatic nitrogens is 1. The van der Waals surface area contributed by atoms with Crippen molar-refractivity contribution in [2.45, 2.75) is 6.42 Å². The van der Waals surface area contributed by atoms with E-state index in [0.717, 1.165) is 6.20 Å². The zero-order valence-electron chi connectivity index (χ0n) is 7.76. The minimum Gasteiger partial charge on any atom is -0.396 e. The van der Waals surface area contributed by atoms with Crippen LogP contribution in [-0.2, 0) is 0 Å². The molecule has 0 radical (unpaired) electrons. The van der Waals surface area contributed by atoms with Gasteiger partial charge >= 0.3 is 5.69 Å². The topological polar surface area (TPSA) is 76.3 Å². The molecule has 1 rings (SSSR count). The average Bonchev–Trinajstić information content (AvgIpc) is 2.20. The fourth-order valence-electron chi connectivity index (χ4n) is 0.978.